The largest absolute Gasteiger partial charge is 0.469 e. The standard InChI is InChI=1S/C13H15N3O4S.C3H6O2.C2H6/c14-13(17)11-12(9-3-1-2-4-10(9)15-11)21(18,19)16-5-7-20-8-6-16;1-3(4)5-2;1-2/h1-4,15H,5-8H2,(H2,14,17);1-2H3;1-2H3. The number of methoxy groups -OCH3 is 1. The molecule has 0 radical (unpaired) electrons. The Morgan fingerprint density at radius 2 is 1.71 bits per heavy atom. The van der Waals surface area contributed by atoms with Crippen molar-refractivity contribution in [3.63, 3.8) is 0 Å². The van der Waals surface area contributed by atoms with E-state index in [2.05, 4.69) is 9.72 Å². The summed E-state index contributed by atoms with van der Waals surface area (Å²) in [6.45, 7) is 6.57. The summed E-state index contributed by atoms with van der Waals surface area (Å²) >= 11 is 0. The number of nitrogens with zero attached hydrogens (tertiary/aromatic N) is 1. The van der Waals surface area contributed by atoms with E-state index >= 15 is 0 Å². The summed E-state index contributed by atoms with van der Waals surface area (Å²) in [7, 11) is -2.45. The van der Waals surface area contributed by atoms with E-state index in [0.29, 0.717) is 24.1 Å². The van der Waals surface area contributed by atoms with Crippen LogP contribution in [-0.2, 0) is 24.3 Å². The van der Waals surface area contributed by atoms with Crippen molar-refractivity contribution in [2.45, 2.75) is 25.7 Å². The van der Waals surface area contributed by atoms with Crippen molar-refractivity contribution in [3.05, 3.63) is 30.0 Å². The van der Waals surface area contributed by atoms with Gasteiger partial charge in [0.1, 0.15) is 10.6 Å². The van der Waals surface area contributed by atoms with Crippen molar-refractivity contribution in [2.24, 2.45) is 5.73 Å². The number of carbonyl (C=O) groups is 2. The number of nitrogens with one attached hydrogen (secondary N) is 1. The molecule has 0 bridgehead atoms. The van der Waals surface area contributed by atoms with Crippen molar-refractivity contribution in [1.82, 2.24) is 9.29 Å². The van der Waals surface area contributed by atoms with Gasteiger partial charge < -0.3 is 20.2 Å². The first kappa shape index (κ1) is 23.6. The van der Waals surface area contributed by atoms with Crippen LogP contribution in [-0.4, -0.2) is 63.0 Å². The zero-order valence-electron chi connectivity index (χ0n) is 16.5. The third kappa shape index (κ3) is 5.54. The van der Waals surface area contributed by atoms with Crippen molar-refractivity contribution in [1.29, 1.82) is 0 Å². The van der Waals surface area contributed by atoms with Gasteiger partial charge in [-0.15, -0.1) is 0 Å². The Morgan fingerprint density at radius 3 is 2.21 bits per heavy atom. The predicted molar refractivity (Wildman–Crippen MR) is 105 cm³/mol. The minimum absolute atomic E-state index is 0.0486. The molecule has 3 rings (SSSR count). The lowest BCUT2D eigenvalue weighted by molar-refractivity contribution is -0.137. The van der Waals surface area contributed by atoms with Crippen molar-refractivity contribution in [2.75, 3.05) is 33.4 Å². The normalized spacial score (nSPS) is 14.3. The van der Waals surface area contributed by atoms with Crippen LogP contribution >= 0.6 is 0 Å². The van der Waals surface area contributed by atoms with Crippen LogP contribution in [0.2, 0.25) is 0 Å². The molecule has 0 spiro atoms. The van der Waals surface area contributed by atoms with Crippen LogP contribution < -0.4 is 5.73 Å². The summed E-state index contributed by atoms with van der Waals surface area (Å²) in [4.78, 5) is 23.9. The third-order valence-electron chi connectivity index (χ3n) is 3.76. The lowest BCUT2D eigenvalue weighted by atomic mass is 10.2. The number of esters is 1. The van der Waals surface area contributed by atoms with Gasteiger partial charge >= 0.3 is 5.97 Å². The lowest BCUT2D eigenvalue weighted by Gasteiger charge is -2.26. The second-order valence-electron chi connectivity index (χ2n) is 5.45. The Morgan fingerprint density at radius 1 is 1.18 bits per heavy atom. The molecule has 28 heavy (non-hydrogen) atoms. The summed E-state index contributed by atoms with van der Waals surface area (Å²) in [6, 6.07) is 6.85. The highest BCUT2D eigenvalue weighted by atomic mass is 32.2. The highest BCUT2D eigenvalue weighted by Gasteiger charge is 2.33. The highest BCUT2D eigenvalue weighted by molar-refractivity contribution is 7.89. The summed E-state index contributed by atoms with van der Waals surface area (Å²) in [6.07, 6.45) is 0. The van der Waals surface area contributed by atoms with Crippen LogP contribution in [0, 0.1) is 0 Å². The maximum atomic E-state index is 12.8. The lowest BCUT2D eigenvalue weighted by Crippen LogP contribution is -2.41. The van der Waals surface area contributed by atoms with Crippen LogP contribution in [0.25, 0.3) is 10.9 Å². The van der Waals surface area contributed by atoms with Gasteiger partial charge in [0, 0.05) is 30.9 Å². The number of primary amides is 1. The number of amides is 1. The first-order chi connectivity index (χ1) is 13.3. The number of rotatable bonds is 3. The molecule has 1 amide bonds. The van der Waals surface area contributed by atoms with Gasteiger partial charge in [-0.3, -0.25) is 9.59 Å². The number of H-pyrrole nitrogens is 1. The van der Waals surface area contributed by atoms with Gasteiger partial charge in [-0.1, -0.05) is 32.0 Å². The molecule has 2 aromatic rings. The third-order valence-corrected chi connectivity index (χ3v) is 5.75. The van der Waals surface area contributed by atoms with E-state index < -0.39 is 15.9 Å². The molecule has 2 heterocycles. The molecule has 3 N–H and O–H groups in total. The van der Waals surface area contributed by atoms with Gasteiger partial charge in [-0.2, -0.15) is 4.31 Å². The molecule has 0 saturated carbocycles. The van der Waals surface area contributed by atoms with Crippen molar-refractivity contribution in [3.8, 4) is 0 Å². The second-order valence-corrected chi connectivity index (χ2v) is 7.33. The molecule has 1 saturated heterocycles. The molecular formula is C18H27N3O6S. The first-order valence-corrected chi connectivity index (χ1v) is 10.3. The van der Waals surface area contributed by atoms with Gasteiger partial charge in [-0.25, -0.2) is 8.42 Å². The summed E-state index contributed by atoms with van der Waals surface area (Å²) < 4.78 is 36.3. The maximum Gasteiger partial charge on any atom is 0.302 e. The first-order valence-electron chi connectivity index (χ1n) is 8.82. The van der Waals surface area contributed by atoms with E-state index in [1.165, 1.54) is 18.3 Å². The molecule has 0 atom stereocenters. The average molecular weight is 413 g/mol. The number of ether oxygens (including phenoxy) is 2. The number of nitrogens with two attached hydrogens (primary N) is 1. The number of hydrogen-bond donors (Lipinski definition) is 2. The molecule has 0 aliphatic carbocycles. The molecule has 1 aliphatic rings. The zero-order valence-corrected chi connectivity index (χ0v) is 17.3. The molecule has 10 heteroatoms. The van der Waals surface area contributed by atoms with E-state index in [1.807, 2.05) is 13.8 Å². The van der Waals surface area contributed by atoms with Crippen LogP contribution in [0.15, 0.2) is 29.2 Å². The number of carbonyl (C=O) groups excluding carboxylic acids is 2. The fourth-order valence-corrected chi connectivity index (χ4v) is 4.23. The highest BCUT2D eigenvalue weighted by Crippen LogP contribution is 2.29. The second kappa shape index (κ2) is 10.8. The number of morpholine rings is 1. The minimum Gasteiger partial charge on any atom is -0.469 e. The van der Waals surface area contributed by atoms with Crippen LogP contribution in [0.3, 0.4) is 0 Å². The predicted octanol–water partition coefficient (Wildman–Crippen LogP) is 1.49. The minimum atomic E-state index is -3.80. The number of aromatic nitrogens is 1. The summed E-state index contributed by atoms with van der Waals surface area (Å²) in [5, 5.41) is 0.470. The fraction of sp³-hybridized carbons (Fsp3) is 0.444. The molecule has 1 aromatic heterocycles. The quantitative estimate of drug-likeness (QED) is 0.733. The Hall–Kier alpha value is -2.43. The van der Waals surface area contributed by atoms with E-state index in [4.69, 9.17) is 10.5 Å². The number of hydrogen-bond acceptors (Lipinski definition) is 6. The molecule has 0 unspecified atom stereocenters. The van der Waals surface area contributed by atoms with E-state index in [0.717, 1.165) is 0 Å². The number of aromatic amines is 1. The molecule has 1 aliphatic heterocycles. The average Bonchev–Trinajstić information content (AvgIpc) is 3.11. The van der Waals surface area contributed by atoms with Gasteiger partial charge in [0.05, 0.1) is 20.3 Å². The number of benzene rings is 1. The number of para-hydroxylation sites is 1. The van der Waals surface area contributed by atoms with Gasteiger partial charge in [0.2, 0.25) is 10.0 Å². The zero-order chi connectivity index (χ0) is 21.3. The molecule has 1 aromatic carbocycles. The Kier molecular flexibility index (Phi) is 9.10. The summed E-state index contributed by atoms with van der Waals surface area (Å²) in [5.74, 6) is -1.04. The van der Waals surface area contributed by atoms with Crippen LogP contribution in [0.4, 0.5) is 0 Å². The fourth-order valence-electron chi connectivity index (χ4n) is 2.47. The van der Waals surface area contributed by atoms with E-state index in [1.54, 1.807) is 24.3 Å². The summed E-state index contributed by atoms with van der Waals surface area (Å²) in [5.41, 5.74) is 5.81. The monoisotopic (exact) mass is 413 g/mol. The molecular weight excluding hydrogens is 386 g/mol. The Balaban J connectivity index is 0.000000490. The molecule has 9 nitrogen and oxygen atoms in total. The van der Waals surface area contributed by atoms with Gasteiger partial charge in [0.25, 0.3) is 5.91 Å². The SMILES string of the molecule is CC.COC(C)=O.NC(=O)c1[nH]c2ccccc2c1S(=O)(=O)N1CCOCC1. The Bertz CT molecular complexity index is 901. The number of fused-ring (bicyclic) bond motifs is 1. The number of sulfonamides is 1. The molecule has 156 valence electrons. The van der Waals surface area contributed by atoms with E-state index in [9.17, 15) is 18.0 Å². The molecule has 1 fully saturated rings. The topological polar surface area (TPSA) is 132 Å². The van der Waals surface area contributed by atoms with Crippen molar-refractivity contribution >= 4 is 32.8 Å². The van der Waals surface area contributed by atoms with E-state index in [-0.39, 0.29) is 29.6 Å². The van der Waals surface area contributed by atoms with Crippen molar-refractivity contribution < 1.29 is 27.5 Å². The van der Waals surface area contributed by atoms with Crippen LogP contribution in [0.1, 0.15) is 31.3 Å². The van der Waals surface area contributed by atoms with Gasteiger partial charge in [-0.05, 0) is 6.07 Å². The smallest absolute Gasteiger partial charge is 0.302 e. The Labute approximate surface area is 164 Å². The maximum absolute atomic E-state index is 12.8. The van der Waals surface area contributed by atoms with Gasteiger partial charge in [0.15, 0.2) is 0 Å². The van der Waals surface area contributed by atoms with Crippen LogP contribution in [0.5, 0.6) is 0 Å².